The number of amides is 1. The second-order valence-corrected chi connectivity index (χ2v) is 9.00. The van der Waals surface area contributed by atoms with Gasteiger partial charge in [-0.15, -0.1) is 0 Å². The predicted molar refractivity (Wildman–Crippen MR) is 131 cm³/mol. The van der Waals surface area contributed by atoms with Crippen LogP contribution in [0.2, 0.25) is 0 Å². The Morgan fingerprint density at radius 2 is 1.54 bits per heavy atom. The molecule has 0 bridgehead atoms. The van der Waals surface area contributed by atoms with Crippen LogP contribution < -0.4 is 20.1 Å². The first-order valence-corrected chi connectivity index (χ1v) is 12.0. The molecule has 180 valence electrons. The van der Waals surface area contributed by atoms with Crippen molar-refractivity contribution in [3.8, 4) is 11.5 Å². The third-order valence-electron chi connectivity index (χ3n) is 6.75. The van der Waals surface area contributed by atoms with Gasteiger partial charge in [0.1, 0.15) is 11.5 Å². The summed E-state index contributed by atoms with van der Waals surface area (Å²) < 4.78 is 11.1. The second kappa shape index (κ2) is 9.78. The first-order chi connectivity index (χ1) is 17.0. The van der Waals surface area contributed by atoms with Gasteiger partial charge in [-0.1, -0.05) is 18.2 Å². The van der Waals surface area contributed by atoms with Crippen LogP contribution in [-0.4, -0.2) is 31.2 Å². The topological polar surface area (TPSA) is 93.7 Å². The number of Topliss-reactive ketones (excluding diaryl/α,β-unsaturated/α-hetero) is 2. The van der Waals surface area contributed by atoms with Gasteiger partial charge in [0.05, 0.1) is 7.11 Å². The number of carbonyl (C=O) groups excluding carboxylic acids is 3. The average Bonchev–Trinajstić information content (AvgIpc) is 2.87. The van der Waals surface area contributed by atoms with Crippen molar-refractivity contribution in [1.29, 1.82) is 0 Å². The second-order valence-electron chi connectivity index (χ2n) is 9.00. The summed E-state index contributed by atoms with van der Waals surface area (Å²) in [7, 11) is 1.58. The number of nitrogens with one attached hydrogen (secondary N) is 2. The van der Waals surface area contributed by atoms with Crippen molar-refractivity contribution in [1.82, 2.24) is 5.32 Å². The van der Waals surface area contributed by atoms with Crippen LogP contribution >= 0.6 is 0 Å². The van der Waals surface area contributed by atoms with Gasteiger partial charge in [-0.25, -0.2) is 0 Å². The highest BCUT2D eigenvalue weighted by molar-refractivity contribution is 6.06. The van der Waals surface area contributed by atoms with E-state index < -0.39 is 5.92 Å². The number of hydrogen-bond donors (Lipinski definition) is 2. The lowest BCUT2D eigenvalue weighted by molar-refractivity contribution is -0.119. The van der Waals surface area contributed by atoms with Crippen molar-refractivity contribution < 1.29 is 23.9 Å². The maximum absolute atomic E-state index is 13.1. The first-order valence-electron chi connectivity index (χ1n) is 12.0. The summed E-state index contributed by atoms with van der Waals surface area (Å²) in [5.41, 5.74) is 4.57. The molecule has 0 atom stereocenters. The van der Waals surface area contributed by atoms with Crippen molar-refractivity contribution in [2.45, 2.75) is 44.4 Å². The van der Waals surface area contributed by atoms with Gasteiger partial charge in [0, 0.05) is 52.6 Å². The van der Waals surface area contributed by atoms with Crippen LogP contribution in [-0.2, 0) is 14.4 Å². The zero-order valence-corrected chi connectivity index (χ0v) is 19.7. The molecule has 5 rings (SSSR count). The number of ether oxygens (including phenoxy) is 2. The first kappa shape index (κ1) is 22.9. The summed E-state index contributed by atoms with van der Waals surface area (Å²) in [6.07, 6.45) is 4.13. The van der Waals surface area contributed by atoms with Gasteiger partial charge in [-0.05, 0) is 56.0 Å². The number of para-hydroxylation sites is 1. The zero-order chi connectivity index (χ0) is 24.4. The number of rotatable bonds is 6. The van der Waals surface area contributed by atoms with Gasteiger partial charge in [0.25, 0.3) is 5.91 Å². The largest absolute Gasteiger partial charge is 0.497 e. The highest BCUT2D eigenvalue weighted by atomic mass is 16.5. The molecule has 1 amide bonds. The monoisotopic (exact) mass is 472 g/mol. The van der Waals surface area contributed by atoms with Crippen molar-refractivity contribution in [2.75, 3.05) is 19.0 Å². The number of hydrogen-bond acceptors (Lipinski definition) is 6. The van der Waals surface area contributed by atoms with E-state index in [0.29, 0.717) is 41.2 Å². The average molecular weight is 473 g/mol. The Hall–Kier alpha value is -3.87. The molecule has 0 spiro atoms. The molecule has 1 aliphatic heterocycles. The molecule has 0 saturated heterocycles. The number of methoxy groups -OCH3 is 1. The Bertz CT molecular complexity index is 1200. The number of anilines is 1. The summed E-state index contributed by atoms with van der Waals surface area (Å²) in [5.74, 6) is 0.563. The molecule has 7 nitrogen and oxygen atoms in total. The molecule has 2 aliphatic carbocycles. The minimum Gasteiger partial charge on any atom is -0.497 e. The van der Waals surface area contributed by atoms with Gasteiger partial charge in [-0.2, -0.15) is 0 Å². The van der Waals surface area contributed by atoms with Crippen LogP contribution in [0, 0.1) is 0 Å². The van der Waals surface area contributed by atoms with E-state index in [1.54, 1.807) is 37.4 Å². The van der Waals surface area contributed by atoms with E-state index in [2.05, 4.69) is 10.6 Å². The maximum atomic E-state index is 13.1. The Labute approximate surface area is 204 Å². The van der Waals surface area contributed by atoms with Crippen LogP contribution in [0.15, 0.2) is 71.1 Å². The van der Waals surface area contributed by atoms with Crippen LogP contribution in [0.5, 0.6) is 11.5 Å². The highest BCUT2D eigenvalue weighted by Crippen LogP contribution is 2.47. The van der Waals surface area contributed by atoms with E-state index >= 15 is 0 Å². The van der Waals surface area contributed by atoms with E-state index in [1.807, 2.05) is 18.2 Å². The summed E-state index contributed by atoms with van der Waals surface area (Å²) in [6, 6.07) is 14.4. The fourth-order valence-electron chi connectivity index (χ4n) is 5.16. The molecular weight excluding hydrogens is 444 g/mol. The Balaban J connectivity index is 1.42. The number of ketones is 2. The van der Waals surface area contributed by atoms with E-state index in [1.165, 1.54) is 0 Å². The molecule has 1 heterocycles. The van der Waals surface area contributed by atoms with Gasteiger partial charge in [0.15, 0.2) is 18.2 Å². The van der Waals surface area contributed by atoms with E-state index in [9.17, 15) is 14.4 Å². The molecule has 2 N–H and O–H groups in total. The lowest BCUT2D eigenvalue weighted by atomic mass is 9.71. The highest BCUT2D eigenvalue weighted by Gasteiger charge is 2.41. The number of allylic oxidation sites excluding steroid dienone is 4. The van der Waals surface area contributed by atoms with E-state index in [-0.39, 0.29) is 24.1 Å². The van der Waals surface area contributed by atoms with Crippen molar-refractivity contribution in [3.63, 3.8) is 0 Å². The van der Waals surface area contributed by atoms with Crippen LogP contribution in [0.3, 0.4) is 0 Å². The minimum atomic E-state index is -0.470. The molecule has 0 saturated carbocycles. The molecule has 0 aromatic heterocycles. The molecule has 35 heavy (non-hydrogen) atoms. The predicted octanol–water partition coefficient (Wildman–Crippen LogP) is 4.41. The maximum Gasteiger partial charge on any atom is 0.262 e. The van der Waals surface area contributed by atoms with Crippen LogP contribution in [0.25, 0.3) is 0 Å². The van der Waals surface area contributed by atoms with Crippen LogP contribution in [0.1, 0.15) is 50.0 Å². The fourth-order valence-corrected chi connectivity index (χ4v) is 5.16. The lowest BCUT2D eigenvalue weighted by Crippen LogP contribution is -2.36. The van der Waals surface area contributed by atoms with E-state index in [4.69, 9.17) is 9.47 Å². The molecule has 2 aromatic rings. The molecular formula is C28H28N2O5. The normalized spacial score (nSPS) is 18.0. The summed E-state index contributed by atoms with van der Waals surface area (Å²) in [4.78, 5) is 38.7. The van der Waals surface area contributed by atoms with Gasteiger partial charge < -0.3 is 20.1 Å². The molecule has 7 heteroatoms. The van der Waals surface area contributed by atoms with Gasteiger partial charge in [-0.3, -0.25) is 14.4 Å². The Kier molecular flexibility index (Phi) is 6.40. The summed E-state index contributed by atoms with van der Waals surface area (Å²) >= 11 is 0. The minimum absolute atomic E-state index is 0.0701. The van der Waals surface area contributed by atoms with Crippen molar-refractivity contribution in [3.05, 3.63) is 76.6 Å². The Morgan fingerprint density at radius 1 is 0.914 bits per heavy atom. The lowest BCUT2D eigenvalue weighted by Gasteiger charge is -2.37. The third-order valence-corrected chi connectivity index (χ3v) is 6.75. The van der Waals surface area contributed by atoms with Crippen molar-refractivity contribution >= 4 is 23.2 Å². The Morgan fingerprint density at radius 3 is 2.17 bits per heavy atom. The third kappa shape index (κ3) is 4.58. The zero-order valence-electron chi connectivity index (χ0n) is 19.7. The smallest absolute Gasteiger partial charge is 0.262 e. The number of carbonyl (C=O) groups is 3. The molecule has 0 fully saturated rings. The molecule has 0 unspecified atom stereocenters. The van der Waals surface area contributed by atoms with E-state index in [0.717, 1.165) is 42.6 Å². The number of benzene rings is 2. The summed E-state index contributed by atoms with van der Waals surface area (Å²) in [6.45, 7) is -0.201. The van der Waals surface area contributed by atoms with Gasteiger partial charge >= 0.3 is 0 Å². The van der Waals surface area contributed by atoms with Crippen molar-refractivity contribution in [2.24, 2.45) is 0 Å². The quantitative estimate of drug-likeness (QED) is 0.647. The standard InChI is InChI=1S/C28H28N2O5/c1-34-18-14-12-17(13-15-18)29-25(33)16-35-24-11-3-2-6-19(24)26-27-20(7-4-9-22(27)31)30-21-8-5-10-23(32)28(21)26/h2-3,6,11-15,26,30H,4-5,7-10,16H2,1H3,(H,29,33). The molecule has 0 radical (unpaired) electrons. The molecule has 2 aromatic carbocycles. The summed E-state index contributed by atoms with van der Waals surface area (Å²) in [5, 5.41) is 6.24. The molecule has 3 aliphatic rings. The van der Waals surface area contributed by atoms with Crippen LogP contribution in [0.4, 0.5) is 5.69 Å². The SMILES string of the molecule is COc1ccc(NC(=O)COc2ccccc2C2C3=C(CCCC3=O)NC3=C2C(=O)CCC3)cc1. The van der Waals surface area contributed by atoms with Gasteiger partial charge in [0.2, 0.25) is 0 Å². The number of dihydropyridines is 1. The fraction of sp³-hybridized carbons (Fsp3) is 0.321.